The van der Waals surface area contributed by atoms with Crippen molar-refractivity contribution in [2.45, 2.75) is 78.8 Å². The van der Waals surface area contributed by atoms with E-state index in [0.717, 1.165) is 23.8 Å². The third kappa shape index (κ3) is 3.05. The summed E-state index contributed by atoms with van der Waals surface area (Å²) in [5.74, 6) is 2.65. The van der Waals surface area contributed by atoms with E-state index in [9.17, 15) is 0 Å². The van der Waals surface area contributed by atoms with Gasteiger partial charge in [0.25, 0.3) is 0 Å². The first kappa shape index (κ1) is 13.4. The van der Waals surface area contributed by atoms with Gasteiger partial charge in [-0.3, -0.25) is 0 Å². The van der Waals surface area contributed by atoms with Crippen LogP contribution in [0.5, 0.6) is 0 Å². The highest BCUT2D eigenvalue weighted by molar-refractivity contribution is 4.99. The second-order valence-corrected chi connectivity index (χ2v) is 7.47. The first-order valence-electron chi connectivity index (χ1n) is 7.68. The zero-order valence-corrected chi connectivity index (χ0v) is 12.4. The normalized spacial score (nSPS) is 38.1. The predicted octanol–water partition coefficient (Wildman–Crippen LogP) is 4.23. The fraction of sp³-hybridized carbons (Fsp3) is 1.00. The number of hydrogen-bond donors (Lipinski definition) is 1. The van der Waals surface area contributed by atoms with Crippen molar-refractivity contribution in [1.29, 1.82) is 0 Å². The molecule has 100 valence electrons. The Bertz CT molecular complexity index is 254. The summed E-state index contributed by atoms with van der Waals surface area (Å²) in [6, 6.07) is 1.48. The molecule has 1 N–H and O–H groups in total. The lowest BCUT2D eigenvalue weighted by molar-refractivity contribution is 0.149. The molecular formula is C16H31N. The zero-order chi connectivity index (χ0) is 12.6. The molecule has 0 heterocycles. The highest BCUT2D eigenvalue weighted by Gasteiger charge is 2.44. The highest BCUT2D eigenvalue weighted by Crippen LogP contribution is 2.48. The molecule has 2 aliphatic carbocycles. The topological polar surface area (TPSA) is 12.0 Å². The predicted molar refractivity (Wildman–Crippen MR) is 75.1 cm³/mol. The third-order valence-corrected chi connectivity index (χ3v) is 5.57. The molecule has 0 radical (unpaired) electrons. The Hall–Kier alpha value is -0.0400. The van der Waals surface area contributed by atoms with E-state index in [1.807, 2.05) is 0 Å². The van der Waals surface area contributed by atoms with Gasteiger partial charge in [0.15, 0.2) is 0 Å². The molecule has 0 amide bonds. The summed E-state index contributed by atoms with van der Waals surface area (Å²) in [6.07, 6.45) is 7.11. The van der Waals surface area contributed by atoms with Crippen LogP contribution < -0.4 is 5.32 Å². The Morgan fingerprint density at radius 1 is 1.12 bits per heavy atom. The van der Waals surface area contributed by atoms with Gasteiger partial charge < -0.3 is 5.32 Å². The van der Waals surface area contributed by atoms with Gasteiger partial charge in [-0.15, -0.1) is 0 Å². The van der Waals surface area contributed by atoms with Crippen molar-refractivity contribution < 1.29 is 0 Å². The van der Waals surface area contributed by atoms with E-state index < -0.39 is 0 Å². The van der Waals surface area contributed by atoms with E-state index in [1.165, 1.54) is 32.1 Å². The van der Waals surface area contributed by atoms with Gasteiger partial charge in [-0.25, -0.2) is 0 Å². The molecule has 2 fully saturated rings. The minimum Gasteiger partial charge on any atom is -0.311 e. The van der Waals surface area contributed by atoms with Crippen LogP contribution in [0.3, 0.4) is 0 Å². The molecule has 0 aromatic rings. The van der Waals surface area contributed by atoms with E-state index in [2.05, 4.69) is 39.9 Å². The summed E-state index contributed by atoms with van der Waals surface area (Å²) < 4.78 is 0. The van der Waals surface area contributed by atoms with Gasteiger partial charge in [0.05, 0.1) is 0 Å². The van der Waals surface area contributed by atoms with Crippen molar-refractivity contribution in [2.75, 3.05) is 0 Å². The van der Waals surface area contributed by atoms with Crippen LogP contribution in [0.2, 0.25) is 0 Å². The van der Waals surface area contributed by atoms with Crippen molar-refractivity contribution in [3.05, 3.63) is 0 Å². The molecule has 0 bridgehead atoms. The van der Waals surface area contributed by atoms with Gasteiger partial charge in [-0.05, 0) is 55.8 Å². The largest absolute Gasteiger partial charge is 0.311 e. The molecule has 2 saturated carbocycles. The minimum absolute atomic E-state index is 0.613. The summed E-state index contributed by atoms with van der Waals surface area (Å²) in [4.78, 5) is 0. The lowest BCUT2D eigenvalue weighted by Crippen LogP contribution is -2.48. The zero-order valence-electron chi connectivity index (χ0n) is 12.4. The van der Waals surface area contributed by atoms with Gasteiger partial charge in [0.2, 0.25) is 0 Å². The van der Waals surface area contributed by atoms with Crippen LogP contribution in [-0.2, 0) is 0 Å². The summed E-state index contributed by atoms with van der Waals surface area (Å²) >= 11 is 0. The van der Waals surface area contributed by atoms with E-state index >= 15 is 0 Å². The molecular weight excluding hydrogens is 206 g/mol. The molecule has 4 unspecified atom stereocenters. The van der Waals surface area contributed by atoms with E-state index in [0.29, 0.717) is 11.5 Å². The van der Waals surface area contributed by atoms with Gasteiger partial charge in [-0.1, -0.05) is 34.1 Å². The fourth-order valence-corrected chi connectivity index (χ4v) is 3.55. The van der Waals surface area contributed by atoms with Crippen LogP contribution in [-0.4, -0.2) is 12.1 Å². The van der Waals surface area contributed by atoms with Crippen molar-refractivity contribution in [3.8, 4) is 0 Å². The van der Waals surface area contributed by atoms with E-state index in [-0.39, 0.29) is 0 Å². The SMILES string of the molecule is CC1CCC(C(C)C)C(NC(C)C2(C)CC2)C1. The highest BCUT2D eigenvalue weighted by atomic mass is 15.0. The molecule has 4 atom stereocenters. The first-order chi connectivity index (χ1) is 7.92. The molecule has 17 heavy (non-hydrogen) atoms. The first-order valence-corrected chi connectivity index (χ1v) is 7.68. The standard InChI is InChI=1S/C16H31N/c1-11(2)14-7-6-12(3)10-15(14)17-13(4)16(5)8-9-16/h11-15,17H,6-10H2,1-5H3. The van der Waals surface area contributed by atoms with Crippen LogP contribution in [0.25, 0.3) is 0 Å². The van der Waals surface area contributed by atoms with Crippen molar-refractivity contribution in [2.24, 2.45) is 23.2 Å². The van der Waals surface area contributed by atoms with E-state index in [1.54, 1.807) is 0 Å². The minimum atomic E-state index is 0.613. The van der Waals surface area contributed by atoms with Gasteiger partial charge in [0.1, 0.15) is 0 Å². The second kappa shape index (κ2) is 4.91. The molecule has 1 nitrogen and oxygen atoms in total. The molecule has 2 aliphatic rings. The monoisotopic (exact) mass is 237 g/mol. The van der Waals surface area contributed by atoms with Crippen LogP contribution >= 0.6 is 0 Å². The summed E-state index contributed by atoms with van der Waals surface area (Å²) in [5.41, 5.74) is 0.613. The van der Waals surface area contributed by atoms with Gasteiger partial charge >= 0.3 is 0 Å². The molecule has 0 aromatic heterocycles. The average molecular weight is 237 g/mol. The van der Waals surface area contributed by atoms with Crippen molar-refractivity contribution in [3.63, 3.8) is 0 Å². The molecule has 1 heteroatoms. The molecule has 0 saturated heterocycles. The second-order valence-electron chi connectivity index (χ2n) is 7.47. The van der Waals surface area contributed by atoms with Crippen LogP contribution in [0.15, 0.2) is 0 Å². The van der Waals surface area contributed by atoms with E-state index in [4.69, 9.17) is 0 Å². The number of hydrogen-bond acceptors (Lipinski definition) is 1. The van der Waals surface area contributed by atoms with Gasteiger partial charge in [-0.2, -0.15) is 0 Å². The average Bonchev–Trinajstić information content (AvgIpc) is 2.97. The maximum absolute atomic E-state index is 3.98. The number of rotatable bonds is 4. The third-order valence-electron chi connectivity index (χ3n) is 5.57. The summed E-state index contributed by atoms with van der Waals surface area (Å²) in [6.45, 7) is 12.1. The smallest absolute Gasteiger partial charge is 0.0103 e. The Morgan fingerprint density at radius 3 is 2.29 bits per heavy atom. The Labute approximate surface area is 108 Å². The Balaban J connectivity index is 1.95. The maximum Gasteiger partial charge on any atom is 0.0103 e. The molecule has 0 aliphatic heterocycles. The van der Waals surface area contributed by atoms with Crippen molar-refractivity contribution >= 4 is 0 Å². The quantitative estimate of drug-likeness (QED) is 0.771. The van der Waals surface area contributed by atoms with Gasteiger partial charge in [0, 0.05) is 12.1 Å². The molecule has 0 aromatic carbocycles. The summed E-state index contributed by atoms with van der Waals surface area (Å²) in [5, 5.41) is 3.98. The lowest BCUT2D eigenvalue weighted by Gasteiger charge is -2.40. The van der Waals surface area contributed by atoms with Crippen LogP contribution in [0.1, 0.15) is 66.7 Å². The number of nitrogens with one attached hydrogen (secondary N) is 1. The fourth-order valence-electron chi connectivity index (χ4n) is 3.55. The summed E-state index contributed by atoms with van der Waals surface area (Å²) in [7, 11) is 0. The molecule has 2 rings (SSSR count). The van der Waals surface area contributed by atoms with Crippen molar-refractivity contribution in [1.82, 2.24) is 5.32 Å². The lowest BCUT2D eigenvalue weighted by atomic mass is 9.73. The van der Waals surface area contributed by atoms with Crippen LogP contribution in [0, 0.1) is 23.2 Å². The molecule has 0 spiro atoms. The Kier molecular flexibility index (Phi) is 3.87. The Morgan fingerprint density at radius 2 is 1.76 bits per heavy atom. The van der Waals surface area contributed by atoms with Crippen LogP contribution in [0.4, 0.5) is 0 Å². The maximum atomic E-state index is 3.98.